The Morgan fingerprint density at radius 2 is 2.12 bits per heavy atom. The van der Waals surface area contributed by atoms with Gasteiger partial charge in [0.2, 0.25) is 0 Å². The van der Waals surface area contributed by atoms with Crippen LogP contribution >= 0.6 is 11.6 Å². The van der Waals surface area contributed by atoms with Gasteiger partial charge in [-0.25, -0.2) is 4.79 Å². The van der Waals surface area contributed by atoms with E-state index in [4.69, 9.17) is 27.1 Å². The van der Waals surface area contributed by atoms with Crippen molar-refractivity contribution in [3.05, 3.63) is 40.0 Å². The molecule has 1 unspecified atom stereocenters. The van der Waals surface area contributed by atoms with Gasteiger partial charge in [0.25, 0.3) is 5.91 Å². The summed E-state index contributed by atoms with van der Waals surface area (Å²) < 4.78 is 5.24. The lowest BCUT2D eigenvalue weighted by molar-refractivity contribution is 0.0414. The zero-order chi connectivity index (χ0) is 23.5. The lowest BCUT2D eigenvalue weighted by atomic mass is 9.84. The fourth-order valence-electron chi connectivity index (χ4n) is 4.95. The van der Waals surface area contributed by atoms with Gasteiger partial charge in [-0.2, -0.15) is 0 Å². The number of pyridine rings is 1. The van der Waals surface area contributed by atoms with Crippen molar-refractivity contribution >= 4 is 34.5 Å². The minimum atomic E-state index is -0.307. The summed E-state index contributed by atoms with van der Waals surface area (Å²) in [6, 6.07) is 5.49. The predicted octanol–water partition coefficient (Wildman–Crippen LogP) is 4.03. The first-order chi connectivity index (χ1) is 15.9. The number of fused-ring (bicyclic) bond motifs is 2. The fraction of sp³-hybridized carbons (Fsp3) is 0.560. The monoisotopic (exact) mass is 472 g/mol. The summed E-state index contributed by atoms with van der Waals surface area (Å²) >= 11 is 6.76. The molecule has 1 fully saturated rings. The van der Waals surface area contributed by atoms with Crippen LogP contribution in [0.3, 0.4) is 0 Å². The van der Waals surface area contributed by atoms with E-state index in [0.29, 0.717) is 44.3 Å². The molecular weight excluding hydrogens is 440 g/mol. The summed E-state index contributed by atoms with van der Waals surface area (Å²) in [6.45, 7) is 6.41. The van der Waals surface area contributed by atoms with E-state index in [-0.39, 0.29) is 18.0 Å². The smallest absolute Gasteiger partial charge is 0.409 e. The van der Waals surface area contributed by atoms with Gasteiger partial charge in [0.15, 0.2) is 0 Å². The Morgan fingerprint density at radius 1 is 1.30 bits per heavy atom. The van der Waals surface area contributed by atoms with Gasteiger partial charge >= 0.3 is 6.09 Å². The summed E-state index contributed by atoms with van der Waals surface area (Å²) in [7, 11) is 0. The molecule has 8 heteroatoms. The van der Waals surface area contributed by atoms with Crippen LogP contribution in [-0.4, -0.2) is 65.6 Å². The molecule has 2 aromatic rings. The Bertz CT molecular complexity index is 1040. The third-order valence-electron chi connectivity index (χ3n) is 6.79. The highest BCUT2D eigenvalue weighted by atomic mass is 35.5. The molecule has 7 nitrogen and oxygen atoms in total. The standard InChI is InChI=1S/C25H33ClN4O3/c1-3-12-33-25(32)29-10-11-30(16(2)15-29)24(31)18-5-7-20-22(14-18)28-21-13-17(8-9-27)4-6-19(21)23(20)26/h5,7,14,16-17H,3-4,6,8-13,15,27H2,1-2H3/t16-,17?/m0/s1. The summed E-state index contributed by atoms with van der Waals surface area (Å²) in [5.74, 6) is 0.483. The molecule has 0 saturated carbocycles. The lowest BCUT2D eigenvalue weighted by Gasteiger charge is -2.39. The lowest BCUT2D eigenvalue weighted by Crippen LogP contribution is -2.55. The molecule has 1 aromatic heterocycles. The Kier molecular flexibility index (Phi) is 7.39. The zero-order valence-corrected chi connectivity index (χ0v) is 20.2. The first-order valence-electron chi connectivity index (χ1n) is 12.0. The Balaban J connectivity index is 1.53. The molecule has 33 heavy (non-hydrogen) atoms. The highest BCUT2D eigenvalue weighted by Crippen LogP contribution is 2.35. The van der Waals surface area contributed by atoms with E-state index in [2.05, 4.69) is 0 Å². The third-order valence-corrected chi connectivity index (χ3v) is 7.22. The first kappa shape index (κ1) is 23.8. The second-order valence-electron chi connectivity index (χ2n) is 9.18. The van der Waals surface area contributed by atoms with Crippen molar-refractivity contribution in [1.82, 2.24) is 14.8 Å². The van der Waals surface area contributed by atoms with Gasteiger partial charge in [-0.3, -0.25) is 9.78 Å². The average Bonchev–Trinajstić information content (AvgIpc) is 2.82. The first-order valence-corrected chi connectivity index (χ1v) is 12.3. The second-order valence-corrected chi connectivity index (χ2v) is 9.56. The van der Waals surface area contributed by atoms with Gasteiger partial charge in [-0.05, 0) is 69.2 Å². The molecule has 1 aliphatic heterocycles. The number of ether oxygens (including phenoxy) is 1. The molecule has 2 atom stereocenters. The maximum Gasteiger partial charge on any atom is 0.409 e. The molecule has 2 aliphatic rings. The molecule has 0 spiro atoms. The molecule has 1 aliphatic carbocycles. The number of amides is 2. The molecule has 178 valence electrons. The summed E-state index contributed by atoms with van der Waals surface area (Å²) in [6.07, 6.45) is 4.36. The van der Waals surface area contributed by atoms with Crippen LogP contribution in [-0.2, 0) is 17.6 Å². The number of nitrogens with zero attached hydrogens (tertiary/aromatic N) is 3. The number of rotatable bonds is 5. The van der Waals surface area contributed by atoms with Crippen LogP contribution in [0, 0.1) is 5.92 Å². The number of hydrogen-bond donors (Lipinski definition) is 1. The Labute approximate surface area is 200 Å². The minimum absolute atomic E-state index is 0.0531. The van der Waals surface area contributed by atoms with Crippen molar-refractivity contribution in [3.63, 3.8) is 0 Å². The number of carbonyl (C=O) groups is 2. The van der Waals surface area contributed by atoms with Gasteiger partial charge in [0.05, 0.1) is 17.1 Å². The summed E-state index contributed by atoms with van der Waals surface area (Å²) in [4.78, 5) is 33.9. The van der Waals surface area contributed by atoms with E-state index in [1.807, 2.05) is 36.9 Å². The molecule has 2 N–H and O–H groups in total. The predicted molar refractivity (Wildman–Crippen MR) is 130 cm³/mol. The van der Waals surface area contributed by atoms with Crippen molar-refractivity contribution in [2.45, 2.75) is 52.0 Å². The number of carbonyl (C=O) groups excluding carboxylic acids is 2. The van der Waals surface area contributed by atoms with Crippen molar-refractivity contribution in [2.75, 3.05) is 32.8 Å². The van der Waals surface area contributed by atoms with Crippen LogP contribution in [0.5, 0.6) is 0 Å². The molecule has 2 heterocycles. The number of nitrogens with two attached hydrogens (primary N) is 1. The third kappa shape index (κ3) is 4.94. The number of halogens is 1. The van der Waals surface area contributed by atoms with E-state index in [1.54, 1.807) is 4.90 Å². The maximum atomic E-state index is 13.3. The maximum absolute atomic E-state index is 13.3. The molecule has 1 aromatic carbocycles. The minimum Gasteiger partial charge on any atom is -0.449 e. The topological polar surface area (TPSA) is 88.8 Å². The fourth-order valence-corrected chi connectivity index (χ4v) is 5.31. The molecule has 2 amide bonds. The summed E-state index contributed by atoms with van der Waals surface area (Å²) in [5, 5.41) is 1.65. The quantitative estimate of drug-likeness (QED) is 0.709. The van der Waals surface area contributed by atoms with Crippen LogP contribution in [0.2, 0.25) is 5.02 Å². The Morgan fingerprint density at radius 3 is 2.85 bits per heavy atom. The molecule has 1 saturated heterocycles. The largest absolute Gasteiger partial charge is 0.449 e. The van der Waals surface area contributed by atoms with Crippen LogP contribution in [0.1, 0.15) is 54.7 Å². The van der Waals surface area contributed by atoms with E-state index in [0.717, 1.165) is 59.3 Å². The van der Waals surface area contributed by atoms with Crippen molar-refractivity contribution < 1.29 is 14.3 Å². The highest BCUT2D eigenvalue weighted by Gasteiger charge is 2.31. The van der Waals surface area contributed by atoms with Crippen LogP contribution < -0.4 is 5.73 Å². The number of piperazine rings is 1. The van der Waals surface area contributed by atoms with Crippen molar-refractivity contribution in [2.24, 2.45) is 11.7 Å². The van der Waals surface area contributed by atoms with Crippen LogP contribution in [0.25, 0.3) is 10.9 Å². The average molecular weight is 473 g/mol. The van der Waals surface area contributed by atoms with Gasteiger partial charge in [-0.15, -0.1) is 0 Å². The van der Waals surface area contributed by atoms with E-state index >= 15 is 0 Å². The van der Waals surface area contributed by atoms with Crippen molar-refractivity contribution in [1.29, 1.82) is 0 Å². The molecule has 4 rings (SSSR count). The summed E-state index contributed by atoms with van der Waals surface area (Å²) in [5.41, 5.74) is 9.28. The van der Waals surface area contributed by atoms with Crippen LogP contribution in [0.4, 0.5) is 4.79 Å². The van der Waals surface area contributed by atoms with Crippen molar-refractivity contribution in [3.8, 4) is 0 Å². The molecule has 0 bridgehead atoms. The normalized spacial score (nSPS) is 20.6. The highest BCUT2D eigenvalue weighted by molar-refractivity contribution is 6.36. The van der Waals surface area contributed by atoms with E-state index in [1.165, 1.54) is 0 Å². The zero-order valence-electron chi connectivity index (χ0n) is 19.5. The van der Waals surface area contributed by atoms with Gasteiger partial charge in [0.1, 0.15) is 0 Å². The number of hydrogen-bond acceptors (Lipinski definition) is 5. The number of benzene rings is 1. The number of aromatic nitrogens is 1. The second kappa shape index (κ2) is 10.3. The van der Waals surface area contributed by atoms with Gasteiger partial charge in [-0.1, -0.05) is 24.6 Å². The SMILES string of the molecule is CCCOC(=O)N1CCN(C(=O)c2ccc3c(Cl)c4c(nc3c2)CC(CCN)CC4)[C@@H](C)C1. The van der Waals surface area contributed by atoms with E-state index < -0.39 is 0 Å². The van der Waals surface area contributed by atoms with E-state index in [9.17, 15) is 9.59 Å². The Hall–Kier alpha value is -2.38. The van der Waals surface area contributed by atoms with Gasteiger partial charge in [0, 0.05) is 42.3 Å². The van der Waals surface area contributed by atoms with Gasteiger partial charge < -0.3 is 20.3 Å². The molecular formula is C25H33ClN4O3. The molecule has 0 radical (unpaired) electrons. The van der Waals surface area contributed by atoms with Crippen LogP contribution in [0.15, 0.2) is 18.2 Å².